The van der Waals surface area contributed by atoms with Gasteiger partial charge in [-0.3, -0.25) is 4.79 Å². The van der Waals surface area contributed by atoms with Gasteiger partial charge in [-0.25, -0.2) is 4.79 Å². The van der Waals surface area contributed by atoms with Gasteiger partial charge in [0.1, 0.15) is 0 Å². The van der Waals surface area contributed by atoms with E-state index in [0.717, 1.165) is 23.6 Å². The van der Waals surface area contributed by atoms with Crippen molar-refractivity contribution in [1.29, 1.82) is 0 Å². The van der Waals surface area contributed by atoms with Crippen LogP contribution < -0.4 is 10.6 Å². The van der Waals surface area contributed by atoms with Crippen LogP contribution in [-0.2, 0) is 9.53 Å². The highest BCUT2D eigenvalue weighted by molar-refractivity contribution is 7.99. The van der Waals surface area contributed by atoms with E-state index in [4.69, 9.17) is 4.74 Å². The van der Waals surface area contributed by atoms with E-state index < -0.39 is 5.97 Å². The van der Waals surface area contributed by atoms with E-state index in [9.17, 15) is 9.59 Å². The summed E-state index contributed by atoms with van der Waals surface area (Å²) in [5, 5.41) is 6.21. The smallest absolute Gasteiger partial charge is 0.337 e. The number of esters is 1. The maximum atomic E-state index is 12.1. The summed E-state index contributed by atoms with van der Waals surface area (Å²) in [5.74, 6) is 1.60. The van der Waals surface area contributed by atoms with Crippen molar-refractivity contribution in [2.24, 2.45) is 0 Å². The van der Waals surface area contributed by atoms with Crippen LogP contribution in [0, 0.1) is 6.92 Å². The lowest BCUT2D eigenvalue weighted by Gasteiger charge is -2.22. The van der Waals surface area contributed by atoms with Gasteiger partial charge in [0, 0.05) is 36.2 Å². The molecule has 0 spiro atoms. The van der Waals surface area contributed by atoms with Crippen LogP contribution in [0.25, 0.3) is 0 Å². The summed E-state index contributed by atoms with van der Waals surface area (Å²) in [5.41, 5.74) is 2.01. The van der Waals surface area contributed by atoms with Crippen LogP contribution in [0.1, 0.15) is 22.3 Å². The van der Waals surface area contributed by atoms with Gasteiger partial charge in [-0.2, -0.15) is 11.8 Å². The van der Waals surface area contributed by atoms with Crippen LogP contribution in [-0.4, -0.2) is 43.1 Å². The molecule has 6 heteroatoms. The number of rotatable bonds is 4. The molecule has 0 aliphatic carbocycles. The average Bonchev–Trinajstić information content (AvgIpc) is 2.49. The Morgan fingerprint density at radius 3 is 2.95 bits per heavy atom. The molecule has 0 bridgehead atoms. The molecule has 1 aromatic carbocycles. The molecule has 1 heterocycles. The molecular weight excluding hydrogens is 288 g/mol. The highest BCUT2D eigenvalue weighted by Gasteiger charge is 2.17. The topological polar surface area (TPSA) is 67.4 Å². The summed E-state index contributed by atoms with van der Waals surface area (Å²) in [6.45, 7) is 2.84. The molecular formula is C15H20N2O3S. The van der Waals surface area contributed by atoms with Crippen molar-refractivity contribution in [3.05, 3.63) is 29.3 Å². The van der Waals surface area contributed by atoms with E-state index in [1.807, 2.05) is 18.7 Å². The summed E-state index contributed by atoms with van der Waals surface area (Å²) in [6, 6.07) is 5.36. The van der Waals surface area contributed by atoms with Gasteiger partial charge in [-0.15, -0.1) is 0 Å². The number of hydrogen-bond acceptors (Lipinski definition) is 5. The first-order valence-electron chi connectivity index (χ1n) is 6.90. The molecule has 0 radical (unpaired) electrons. The highest BCUT2D eigenvalue weighted by Crippen LogP contribution is 2.18. The van der Waals surface area contributed by atoms with Gasteiger partial charge in [0.2, 0.25) is 5.91 Å². The quantitative estimate of drug-likeness (QED) is 0.831. The number of thioether (sulfide) groups is 1. The number of anilines is 1. The number of carbonyl (C=O) groups is 2. The number of aryl methyl sites for hydroxylation is 1. The second kappa shape index (κ2) is 7.47. The molecule has 1 aliphatic heterocycles. The number of nitrogens with one attached hydrogen (secondary N) is 2. The summed E-state index contributed by atoms with van der Waals surface area (Å²) in [6.07, 6.45) is 0.439. The Kier molecular flexibility index (Phi) is 5.64. The van der Waals surface area contributed by atoms with Crippen molar-refractivity contribution in [3.63, 3.8) is 0 Å². The Morgan fingerprint density at radius 2 is 2.29 bits per heavy atom. The molecule has 0 aromatic heterocycles. The Hall–Kier alpha value is -1.53. The van der Waals surface area contributed by atoms with E-state index in [2.05, 4.69) is 10.6 Å². The third-order valence-corrected chi connectivity index (χ3v) is 4.49. The van der Waals surface area contributed by atoms with E-state index in [-0.39, 0.29) is 11.9 Å². The minimum atomic E-state index is -0.407. The van der Waals surface area contributed by atoms with Crippen molar-refractivity contribution in [1.82, 2.24) is 5.32 Å². The fourth-order valence-electron chi connectivity index (χ4n) is 2.18. The number of amides is 1. The summed E-state index contributed by atoms with van der Waals surface area (Å²) in [7, 11) is 1.34. The van der Waals surface area contributed by atoms with E-state index in [1.54, 1.807) is 18.2 Å². The summed E-state index contributed by atoms with van der Waals surface area (Å²) >= 11 is 1.86. The molecule has 2 N–H and O–H groups in total. The average molecular weight is 308 g/mol. The zero-order valence-electron chi connectivity index (χ0n) is 12.3. The molecule has 1 saturated heterocycles. The lowest BCUT2D eigenvalue weighted by atomic mass is 10.1. The van der Waals surface area contributed by atoms with Gasteiger partial charge < -0.3 is 15.4 Å². The molecule has 1 aromatic rings. The zero-order valence-corrected chi connectivity index (χ0v) is 13.1. The maximum Gasteiger partial charge on any atom is 0.337 e. The highest BCUT2D eigenvalue weighted by atomic mass is 32.2. The van der Waals surface area contributed by atoms with E-state index in [0.29, 0.717) is 17.7 Å². The molecule has 2 rings (SSSR count). The lowest BCUT2D eigenvalue weighted by molar-refractivity contribution is -0.116. The standard InChI is InChI=1S/C15H20N2O3S/c1-10-3-4-11(15(19)20-2)7-13(10)17-14(18)8-12-9-21-6-5-16-12/h3-4,7,12,16H,5-6,8-9H2,1-2H3,(H,17,18). The second-order valence-corrected chi connectivity index (χ2v) is 6.15. The van der Waals surface area contributed by atoms with E-state index in [1.165, 1.54) is 7.11 Å². The van der Waals surface area contributed by atoms with Gasteiger partial charge >= 0.3 is 5.97 Å². The molecule has 114 valence electrons. The molecule has 0 saturated carbocycles. The van der Waals surface area contributed by atoms with Crippen molar-refractivity contribution in [2.45, 2.75) is 19.4 Å². The van der Waals surface area contributed by atoms with Crippen LogP contribution in [0.5, 0.6) is 0 Å². The first-order valence-corrected chi connectivity index (χ1v) is 8.05. The predicted molar refractivity (Wildman–Crippen MR) is 84.9 cm³/mol. The third kappa shape index (κ3) is 4.47. The SMILES string of the molecule is COC(=O)c1ccc(C)c(NC(=O)CC2CSCCN2)c1. The number of ether oxygens (including phenoxy) is 1. The first kappa shape index (κ1) is 15.9. The van der Waals surface area contributed by atoms with Gasteiger partial charge in [0.25, 0.3) is 0 Å². The van der Waals surface area contributed by atoms with Crippen LogP contribution in [0.2, 0.25) is 0 Å². The van der Waals surface area contributed by atoms with Crippen LogP contribution in [0.4, 0.5) is 5.69 Å². The van der Waals surface area contributed by atoms with Gasteiger partial charge in [0.15, 0.2) is 0 Å². The molecule has 21 heavy (non-hydrogen) atoms. The van der Waals surface area contributed by atoms with E-state index >= 15 is 0 Å². The van der Waals surface area contributed by atoms with Crippen LogP contribution >= 0.6 is 11.8 Å². The largest absolute Gasteiger partial charge is 0.465 e. The summed E-state index contributed by atoms with van der Waals surface area (Å²) in [4.78, 5) is 23.6. The molecule has 1 aliphatic rings. The number of methoxy groups -OCH3 is 1. The minimum Gasteiger partial charge on any atom is -0.465 e. The molecule has 1 unspecified atom stereocenters. The Labute approximate surface area is 128 Å². The van der Waals surface area contributed by atoms with Crippen molar-refractivity contribution in [3.8, 4) is 0 Å². The third-order valence-electron chi connectivity index (χ3n) is 3.36. The van der Waals surface area contributed by atoms with Gasteiger partial charge in [-0.1, -0.05) is 6.07 Å². The van der Waals surface area contributed by atoms with Crippen molar-refractivity contribution < 1.29 is 14.3 Å². The van der Waals surface area contributed by atoms with Crippen molar-refractivity contribution in [2.75, 3.05) is 30.5 Å². The van der Waals surface area contributed by atoms with Crippen LogP contribution in [0.3, 0.4) is 0 Å². The minimum absolute atomic E-state index is 0.0416. The van der Waals surface area contributed by atoms with Crippen LogP contribution in [0.15, 0.2) is 18.2 Å². The Bertz CT molecular complexity index is 528. The number of benzene rings is 1. The number of hydrogen-bond donors (Lipinski definition) is 2. The van der Waals surface area contributed by atoms with Crippen molar-refractivity contribution >= 4 is 29.3 Å². The fraction of sp³-hybridized carbons (Fsp3) is 0.467. The second-order valence-electron chi connectivity index (χ2n) is 5.00. The monoisotopic (exact) mass is 308 g/mol. The molecule has 5 nitrogen and oxygen atoms in total. The Morgan fingerprint density at radius 1 is 1.48 bits per heavy atom. The number of carbonyl (C=O) groups excluding carboxylic acids is 2. The first-order chi connectivity index (χ1) is 10.1. The molecule has 1 fully saturated rings. The maximum absolute atomic E-state index is 12.1. The predicted octanol–water partition coefficient (Wildman–Crippen LogP) is 1.82. The van der Waals surface area contributed by atoms with Gasteiger partial charge in [0.05, 0.1) is 12.7 Å². The fourth-order valence-corrected chi connectivity index (χ4v) is 3.13. The Balaban J connectivity index is 2.00. The van der Waals surface area contributed by atoms with Gasteiger partial charge in [-0.05, 0) is 24.6 Å². The normalized spacial score (nSPS) is 18.1. The lowest BCUT2D eigenvalue weighted by Crippen LogP contribution is -2.39. The summed E-state index contributed by atoms with van der Waals surface area (Å²) < 4.78 is 4.69. The molecule has 1 amide bonds. The molecule has 1 atom stereocenters. The zero-order chi connectivity index (χ0) is 15.2.